The van der Waals surface area contributed by atoms with Gasteiger partial charge in [-0.25, -0.2) is 9.97 Å². The lowest BCUT2D eigenvalue weighted by Crippen LogP contribution is -2.51. The zero-order valence-electron chi connectivity index (χ0n) is 12.1. The van der Waals surface area contributed by atoms with Gasteiger partial charge in [-0.15, -0.1) is 0 Å². The second kappa shape index (κ2) is 6.27. The molecule has 2 atom stereocenters. The Labute approximate surface area is 133 Å². The molecular weight excluding hydrogens is 334 g/mol. The summed E-state index contributed by atoms with van der Waals surface area (Å²) >= 11 is 3.34. The lowest BCUT2D eigenvalue weighted by Gasteiger charge is -2.36. The molecule has 6 nitrogen and oxygen atoms in total. The molecule has 2 aliphatic heterocycles. The summed E-state index contributed by atoms with van der Waals surface area (Å²) in [6.07, 6.45) is 3.51. The average molecular weight is 354 g/mol. The van der Waals surface area contributed by atoms with Gasteiger partial charge < -0.3 is 15.1 Å². The van der Waals surface area contributed by atoms with Gasteiger partial charge in [0.25, 0.3) is 0 Å². The van der Waals surface area contributed by atoms with Crippen molar-refractivity contribution < 1.29 is 4.79 Å². The van der Waals surface area contributed by atoms with Crippen LogP contribution in [0.4, 0.5) is 5.95 Å². The van der Waals surface area contributed by atoms with E-state index in [9.17, 15) is 4.79 Å². The van der Waals surface area contributed by atoms with Crippen molar-refractivity contribution in [2.24, 2.45) is 11.8 Å². The first-order chi connectivity index (χ1) is 10.1. The predicted octanol–water partition coefficient (Wildman–Crippen LogP) is 0.743. The Hall–Kier alpha value is -1.21. The standard InChI is InChI=1S/C14H20BrN5O/c1-10-6-16-9-12(10)13(21)19-2-4-20(5-3-19)14-17-7-11(15)8-18-14/h7-8,10,12,16H,2-6,9H2,1H3. The number of hydrogen-bond acceptors (Lipinski definition) is 5. The highest BCUT2D eigenvalue weighted by Crippen LogP contribution is 2.20. The van der Waals surface area contributed by atoms with Crippen molar-refractivity contribution in [3.8, 4) is 0 Å². The van der Waals surface area contributed by atoms with Crippen LogP contribution in [0, 0.1) is 11.8 Å². The third kappa shape index (κ3) is 3.18. The number of rotatable bonds is 2. The van der Waals surface area contributed by atoms with Crippen molar-refractivity contribution in [2.75, 3.05) is 44.2 Å². The molecule has 3 rings (SSSR count). The zero-order valence-corrected chi connectivity index (χ0v) is 13.7. The van der Waals surface area contributed by atoms with Crippen LogP contribution in [0.5, 0.6) is 0 Å². The quantitative estimate of drug-likeness (QED) is 0.849. The van der Waals surface area contributed by atoms with Gasteiger partial charge in [-0.2, -0.15) is 0 Å². The highest BCUT2D eigenvalue weighted by atomic mass is 79.9. The summed E-state index contributed by atoms with van der Waals surface area (Å²) in [5, 5.41) is 3.30. The van der Waals surface area contributed by atoms with Gasteiger partial charge in [-0.05, 0) is 28.4 Å². The molecule has 2 fully saturated rings. The molecule has 2 aliphatic rings. The fourth-order valence-corrected chi connectivity index (χ4v) is 3.18. The summed E-state index contributed by atoms with van der Waals surface area (Å²) in [6.45, 7) is 7.00. The molecular formula is C14H20BrN5O. The van der Waals surface area contributed by atoms with E-state index in [1.165, 1.54) is 0 Å². The minimum atomic E-state index is 0.139. The van der Waals surface area contributed by atoms with E-state index in [1.807, 2.05) is 4.90 Å². The molecule has 0 radical (unpaired) electrons. The molecule has 0 aliphatic carbocycles. The summed E-state index contributed by atoms with van der Waals surface area (Å²) in [6, 6.07) is 0. The van der Waals surface area contributed by atoms with Gasteiger partial charge in [-0.3, -0.25) is 4.79 Å². The van der Waals surface area contributed by atoms with Crippen LogP contribution in [-0.2, 0) is 4.79 Å². The Balaban J connectivity index is 1.57. The maximum absolute atomic E-state index is 12.5. The van der Waals surface area contributed by atoms with E-state index in [0.29, 0.717) is 11.8 Å². The zero-order chi connectivity index (χ0) is 14.8. The van der Waals surface area contributed by atoms with Crippen LogP contribution >= 0.6 is 15.9 Å². The number of amides is 1. The van der Waals surface area contributed by atoms with Crippen molar-refractivity contribution in [1.29, 1.82) is 0 Å². The molecule has 7 heteroatoms. The molecule has 0 bridgehead atoms. The molecule has 1 N–H and O–H groups in total. The molecule has 21 heavy (non-hydrogen) atoms. The average Bonchev–Trinajstić information content (AvgIpc) is 2.94. The Bertz CT molecular complexity index is 501. The summed E-state index contributed by atoms with van der Waals surface area (Å²) < 4.78 is 0.878. The van der Waals surface area contributed by atoms with E-state index in [2.05, 4.69) is 43.0 Å². The number of carbonyl (C=O) groups excluding carboxylic acids is 1. The maximum Gasteiger partial charge on any atom is 0.227 e. The Kier molecular flexibility index (Phi) is 4.40. The van der Waals surface area contributed by atoms with Gasteiger partial charge in [0.05, 0.1) is 10.4 Å². The van der Waals surface area contributed by atoms with Crippen LogP contribution in [-0.4, -0.2) is 60.0 Å². The number of nitrogens with zero attached hydrogens (tertiary/aromatic N) is 4. The molecule has 3 heterocycles. The lowest BCUT2D eigenvalue weighted by atomic mass is 9.96. The summed E-state index contributed by atoms with van der Waals surface area (Å²) in [4.78, 5) is 25.3. The first kappa shape index (κ1) is 14.7. The fraction of sp³-hybridized carbons (Fsp3) is 0.643. The van der Waals surface area contributed by atoms with Crippen LogP contribution in [0.25, 0.3) is 0 Å². The smallest absolute Gasteiger partial charge is 0.227 e. The number of halogens is 1. The van der Waals surface area contributed by atoms with Gasteiger partial charge >= 0.3 is 0 Å². The summed E-state index contributed by atoms with van der Waals surface area (Å²) in [7, 11) is 0. The molecule has 2 unspecified atom stereocenters. The molecule has 0 saturated carbocycles. The minimum absolute atomic E-state index is 0.139. The lowest BCUT2D eigenvalue weighted by molar-refractivity contribution is -0.136. The Morgan fingerprint density at radius 2 is 1.90 bits per heavy atom. The van der Waals surface area contributed by atoms with Crippen molar-refractivity contribution >= 4 is 27.8 Å². The van der Waals surface area contributed by atoms with Gasteiger partial charge in [0, 0.05) is 45.1 Å². The van der Waals surface area contributed by atoms with Gasteiger partial charge in [-0.1, -0.05) is 6.92 Å². The second-order valence-electron chi connectivity index (χ2n) is 5.76. The van der Waals surface area contributed by atoms with Gasteiger partial charge in [0.1, 0.15) is 0 Å². The molecule has 1 aromatic rings. The van der Waals surface area contributed by atoms with Crippen molar-refractivity contribution in [3.05, 3.63) is 16.9 Å². The van der Waals surface area contributed by atoms with Crippen molar-refractivity contribution in [1.82, 2.24) is 20.2 Å². The number of piperazine rings is 1. The van der Waals surface area contributed by atoms with Crippen molar-refractivity contribution in [2.45, 2.75) is 6.92 Å². The Morgan fingerprint density at radius 1 is 1.24 bits per heavy atom. The SMILES string of the molecule is CC1CNCC1C(=O)N1CCN(c2ncc(Br)cn2)CC1. The first-order valence-corrected chi connectivity index (χ1v) is 8.16. The van der Waals surface area contributed by atoms with E-state index in [-0.39, 0.29) is 5.92 Å². The molecule has 2 saturated heterocycles. The third-order valence-electron chi connectivity index (χ3n) is 4.32. The summed E-state index contributed by atoms with van der Waals surface area (Å²) in [5.41, 5.74) is 0. The first-order valence-electron chi connectivity index (χ1n) is 7.37. The fourth-order valence-electron chi connectivity index (χ4n) is 2.97. The van der Waals surface area contributed by atoms with E-state index < -0.39 is 0 Å². The normalized spacial score (nSPS) is 26.2. The molecule has 114 valence electrons. The maximum atomic E-state index is 12.5. The van der Waals surface area contributed by atoms with Crippen LogP contribution < -0.4 is 10.2 Å². The second-order valence-corrected chi connectivity index (χ2v) is 6.67. The van der Waals surface area contributed by atoms with Crippen LogP contribution in [0.1, 0.15) is 6.92 Å². The third-order valence-corrected chi connectivity index (χ3v) is 4.73. The van der Waals surface area contributed by atoms with E-state index in [1.54, 1.807) is 12.4 Å². The minimum Gasteiger partial charge on any atom is -0.339 e. The number of hydrogen-bond donors (Lipinski definition) is 1. The van der Waals surface area contributed by atoms with E-state index >= 15 is 0 Å². The molecule has 1 amide bonds. The van der Waals surface area contributed by atoms with Gasteiger partial charge in [0.2, 0.25) is 11.9 Å². The van der Waals surface area contributed by atoms with Crippen molar-refractivity contribution in [3.63, 3.8) is 0 Å². The summed E-state index contributed by atoms with van der Waals surface area (Å²) in [5.74, 6) is 1.61. The van der Waals surface area contributed by atoms with E-state index in [4.69, 9.17) is 0 Å². The highest BCUT2D eigenvalue weighted by Gasteiger charge is 2.34. The highest BCUT2D eigenvalue weighted by molar-refractivity contribution is 9.10. The number of carbonyl (C=O) groups is 1. The molecule has 1 aromatic heterocycles. The van der Waals surface area contributed by atoms with Crippen LogP contribution in [0.2, 0.25) is 0 Å². The number of aromatic nitrogens is 2. The number of nitrogens with one attached hydrogen (secondary N) is 1. The monoisotopic (exact) mass is 353 g/mol. The van der Waals surface area contributed by atoms with Crippen LogP contribution in [0.15, 0.2) is 16.9 Å². The number of anilines is 1. The molecule has 0 spiro atoms. The van der Waals surface area contributed by atoms with Gasteiger partial charge in [0.15, 0.2) is 0 Å². The Morgan fingerprint density at radius 3 is 2.48 bits per heavy atom. The topological polar surface area (TPSA) is 61.4 Å². The predicted molar refractivity (Wildman–Crippen MR) is 84.0 cm³/mol. The molecule has 0 aromatic carbocycles. The largest absolute Gasteiger partial charge is 0.339 e. The van der Waals surface area contributed by atoms with Crippen LogP contribution in [0.3, 0.4) is 0 Å². The van der Waals surface area contributed by atoms with E-state index in [0.717, 1.165) is 49.7 Å².